The molecule has 0 spiro atoms. The summed E-state index contributed by atoms with van der Waals surface area (Å²) in [6.07, 6.45) is 2.19. The van der Waals surface area contributed by atoms with E-state index in [0.29, 0.717) is 6.54 Å². The molecule has 2 rings (SSSR count). The predicted octanol–water partition coefficient (Wildman–Crippen LogP) is 1.23. The number of unbranched alkanes of at least 4 members (excludes halogenated alkanes) is 1. The highest BCUT2D eigenvalue weighted by Gasteiger charge is 2.16. The Morgan fingerprint density at radius 1 is 1.17 bits per heavy atom. The zero-order chi connectivity index (χ0) is 16.5. The van der Waals surface area contributed by atoms with Crippen LogP contribution in [-0.4, -0.2) is 63.7 Å². The van der Waals surface area contributed by atoms with E-state index in [1.807, 2.05) is 0 Å². The Morgan fingerprint density at radius 3 is 2.65 bits per heavy atom. The second-order valence-electron chi connectivity index (χ2n) is 6.26. The zero-order valence-corrected chi connectivity index (χ0v) is 14.5. The number of hydrogen-bond donors (Lipinski definition) is 2. The molecular formula is C18H30N4O. The lowest BCUT2D eigenvalue weighted by molar-refractivity contribution is -0.120. The molecule has 0 aliphatic carbocycles. The van der Waals surface area contributed by atoms with Crippen LogP contribution in [-0.2, 0) is 4.79 Å². The Bertz CT molecular complexity index is 484. The average Bonchev–Trinajstić information content (AvgIpc) is 2.55. The van der Waals surface area contributed by atoms with Crippen molar-refractivity contribution in [1.82, 2.24) is 15.5 Å². The third kappa shape index (κ3) is 6.20. The number of benzene rings is 1. The SMILES string of the molecule is CNCC(=O)NCCCCN1CCN(c2cccc(C)c2)CC1. The van der Waals surface area contributed by atoms with Crippen LogP contribution in [0.4, 0.5) is 5.69 Å². The third-order valence-corrected chi connectivity index (χ3v) is 4.30. The number of piperazine rings is 1. The van der Waals surface area contributed by atoms with Crippen molar-refractivity contribution in [3.63, 3.8) is 0 Å². The minimum Gasteiger partial charge on any atom is -0.369 e. The van der Waals surface area contributed by atoms with E-state index < -0.39 is 0 Å². The fourth-order valence-corrected chi connectivity index (χ4v) is 2.97. The molecule has 23 heavy (non-hydrogen) atoms. The van der Waals surface area contributed by atoms with Crippen LogP contribution in [0.1, 0.15) is 18.4 Å². The number of aryl methyl sites for hydroxylation is 1. The molecule has 1 aliphatic rings. The maximum Gasteiger partial charge on any atom is 0.233 e. The van der Waals surface area contributed by atoms with Crippen molar-refractivity contribution in [2.45, 2.75) is 19.8 Å². The topological polar surface area (TPSA) is 47.6 Å². The molecule has 0 aromatic heterocycles. The molecule has 0 radical (unpaired) electrons. The van der Waals surface area contributed by atoms with Gasteiger partial charge in [-0.05, 0) is 51.1 Å². The molecule has 1 fully saturated rings. The van der Waals surface area contributed by atoms with Crippen LogP contribution in [0.15, 0.2) is 24.3 Å². The minimum atomic E-state index is 0.0827. The van der Waals surface area contributed by atoms with Crippen LogP contribution < -0.4 is 15.5 Å². The van der Waals surface area contributed by atoms with E-state index in [1.165, 1.54) is 11.3 Å². The summed E-state index contributed by atoms with van der Waals surface area (Å²) in [5.41, 5.74) is 2.67. The van der Waals surface area contributed by atoms with E-state index in [2.05, 4.69) is 51.6 Å². The molecule has 128 valence electrons. The van der Waals surface area contributed by atoms with Crippen LogP contribution in [0.2, 0.25) is 0 Å². The lowest BCUT2D eigenvalue weighted by Crippen LogP contribution is -2.46. The summed E-state index contributed by atoms with van der Waals surface area (Å²) in [6, 6.07) is 8.76. The molecule has 1 amide bonds. The molecule has 1 aromatic rings. The maximum atomic E-state index is 11.3. The fraction of sp³-hybridized carbons (Fsp3) is 0.611. The standard InChI is InChI=1S/C18H30N4O/c1-16-6-5-7-17(14-16)22-12-10-21(11-13-22)9-4-3-8-20-18(23)15-19-2/h5-7,14,19H,3-4,8-13,15H2,1-2H3,(H,20,23). The number of rotatable bonds is 8. The van der Waals surface area contributed by atoms with Gasteiger partial charge in [-0.1, -0.05) is 12.1 Å². The summed E-state index contributed by atoms with van der Waals surface area (Å²) in [4.78, 5) is 16.3. The number of nitrogens with zero attached hydrogens (tertiary/aromatic N) is 2. The molecule has 1 aliphatic heterocycles. The van der Waals surface area contributed by atoms with Gasteiger partial charge >= 0.3 is 0 Å². The summed E-state index contributed by atoms with van der Waals surface area (Å²) < 4.78 is 0. The minimum absolute atomic E-state index is 0.0827. The number of amides is 1. The first-order valence-corrected chi connectivity index (χ1v) is 8.64. The Labute approximate surface area is 140 Å². The van der Waals surface area contributed by atoms with Gasteiger partial charge in [0.1, 0.15) is 0 Å². The van der Waals surface area contributed by atoms with Crippen molar-refractivity contribution in [1.29, 1.82) is 0 Å². The van der Waals surface area contributed by atoms with Gasteiger partial charge in [-0.25, -0.2) is 0 Å². The monoisotopic (exact) mass is 318 g/mol. The summed E-state index contributed by atoms with van der Waals surface area (Å²) in [6.45, 7) is 8.91. The first-order valence-electron chi connectivity index (χ1n) is 8.64. The normalized spacial score (nSPS) is 15.7. The quantitative estimate of drug-likeness (QED) is 0.708. The number of carbonyl (C=O) groups is 1. The fourth-order valence-electron chi connectivity index (χ4n) is 2.97. The van der Waals surface area contributed by atoms with Gasteiger partial charge in [0, 0.05) is 38.4 Å². The Kier molecular flexibility index (Phi) is 7.36. The number of likely N-dealkylation sites (N-methyl/N-ethyl adjacent to an activating group) is 1. The molecule has 0 atom stereocenters. The summed E-state index contributed by atoms with van der Waals surface area (Å²) >= 11 is 0. The van der Waals surface area contributed by atoms with Crippen molar-refractivity contribution in [3.8, 4) is 0 Å². The highest BCUT2D eigenvalue weighted by Crippen LogP contribution is 2.17. The van der Waals surface area contributed by atoms with Gasteiger partial charge in [0.05, 0.1) is 6.54 Å². The molecule has 0 unspecified atom stereocenters. The van der Waals surface area contributed by atoms with Gasteiger partial charge in [-0.15, -0.1) is 0 Å². The predicted molar refractivity (Wildman–Crippen MR) is 96.0 cm³/mol. The van der Waals surface area contributed by atoms with Crippen molar-refractivity contribution in [3.05, 3.63) is 29.8 Å². The van der Waals surface area contributed by atoms with Crippen LogP contribution in [0.3, 0.4) is 0 Å². The first-order chi connectivity index (χ1) is 11.2. The zero-order valence-electron chi connectivity index (χ0n) is 14.5. The van der Waals surface area contributed by atoms with Gasteiger partial charge in [0.15, 0.2) is 0 Å². The first kappa shape index (κ1) is 17.8. The highest BCUT2D eigenvalue weighted by atomic mass is 16.1. The van der Waals surface area contributed by atoms with Gasteiger partial charge in [0.2, 0.25) is 5.91 Å². The van der Waals surface area contributed by atoms with E-state index in [1.54, 1.807) is 7.05 Å². The summed E-state index contributed by atoms with van der Waals surface area (Å²) in [7, 11) is 1.79. The van der Waals surface area contributed by atoms with Crippen molar-refractivity contribution in [2.75, 3.05) is 57.8 Å². The second kappa shape index (κ2) is 9.53. The van der Waals surface area contributed by atoms with Crippen LogP contribution in [0.25, 0.3) is 0 Å². The van der Waals surface area contributed by atoms with Crippen LogP contribution in [0.5, 0.6) is 0 Å². The maximum absolute atomic E-state index is 11.3. The molecule has 2 N–H and O–H groups in total. The Morgan fingerprint density at radius 2 is 1.96 bits per heavy atom. The van der Waals surface area contributed by atoms with E-state index >= 15 is 0 Å². The average molecular weight is 318 g/mol. The van der Waals surface area contributed by atoms with E-state index in [4.69, 9.17) is 0 Å². The molecule has 0 saturated carbocycles. The molecule has 5 heteroatoms. The van der Waals surface area contributed by atoms with Gasteiger partial charge < -0.3 is 15.5 Å². The molecule has 5 nitrogen and oxygen atoms in total. The lowest BCUT2D eigenvalue weighted by atomic mass is 10.2. The molecule has 1 saturated heterocycles. The molecule has 1 heterocycles. The van der Waals surface area contributed by atoms with Crippen molar-refractivity contribution < 1.29 is 4.79 Å². The Hall–Kier alpha value is -1.59. The Balaban J connectivity index is 1.59. The number of carbonyl (C=O) groups excluding carboxylic acids is 1. The number of anilines is 1. The third-order valence-electron chi connectivity index (χ3n) is 4.30. The van der Waals surface area contributed by atoms with Gasteiger partial charge in [-0.3, -0.25) is 9.69 Å². The molecule has 1 aromatic carbocycles. The van der Waals surface area contributed by atoms with Crippen LogP contribution >= 0.6 is 0 Å². The van der Waals surface area contributed by atoms with Crippen LogP contribution in [0, 0.1) is 6.92 Å². The largest absolute Gasteiger partial charge is 0.369 e. The summed E-state index contributed by atoms with van der Waals surface area (Å²) in [5.74, 6) is 0.0827. The van der Waals surface area contributed by atoms with Gasteiger partial charge in [0.25, 0.3) is 0 Å². The summed E-state index contributed by atoms with van der Waals surface area (Å²) in [5, 5.41) is 5.78. The second-order valence-corrected chi connectivity index (χ2v) is 6.26. The smallest absolute Gasteiger partial charge is 0.233 e. The van der Waals surface area contributed by atoms with E-state index in [0.717, 1.165) is 52.1 Å². The highest BCUT2D eigenvalue weighted by molar-refractivity contribution is 5.77. The lowest BCUT2D eigenvalue weighted by Gasteiger charge is -2.36. The van der Waals surface area contributed by atoms with E-state index in [9.17, 15) is 4.79 Å². The number of hydrogen-bond acceptors (Lipinski definition) is 4. The number of nitrogens with one attached hydrogen (secondary N) is 2. The van der Waals surface area contributed by atoms with Gasteiger partial charge in [-0.2, -0.15) is 0 Å². The van der Waals surface area contributed by atoms with Crippen molar-refractivity contribution in [2.24, 2.45) is 0 Å². The molecular weight excluding hydrogens is 288 g/mol. The van der Waals surface area contributed by atoms with E-state index in [-0.39, 0.29) is 5.91 Å². The van der Waals surface area contributed by atoms with Crippen molar-refractivity contribution >= 4 is 11.6 Å². The molecule has 0 bridgehead atoms.